The summed E-state index contributed by atoms with van der Waals surface area (Å²) in [6.45, 7) is 1.57. The fraction of sp³-hybridized carbons (Fsp3) is 0.381. The first-order valence-corrected chi connectivity index (χ1v) is 10.1. The van der Waals surface area contributed by atoms with Crippen LogP contribution < -0.4 is 11.1 Å². The van der Waals surface area contributed by atoms with E-state index in [0.29, 0.717) is 17.5 Å². The van der Waals surface area contributed by atoms with Crippen LogP contribution >= 0.6 is 11.6 Å². The van der Waals surface area contributed by atoms with Gasteiger partial charge in [-0.05, 0) is 42.7 Å². The lowest BCUT2D eigenvalue weighted by atomic mass is 9.84. The largest absolute Gasteiger partial charge is 0.462 e. The Hall–Kier alpha value is -2.88. The third kappa shape index (κ3) is 3.99. The molecule has 0 bridgehead atoms. The number of aliphatic imine (C=N–C) groups is 1. The zero-order valence-electron chi connectivity index (χ0n) is 16.8. The van der Waals surface area contributed by atoms with E-state index in [9.17, 15) is 22.4 Å². The van der Waals surface area contributed by atoms with Crippen LogP contribution in [0.5, 0.6) is 0 Å². The number of carbonyl (C=O) groups is 1. The summed E-state index contributed by atoms with van der Waals surface area (Å²) in [6, 6.07) is 5.31. The van der Waals surface area contributed by atoms with Crippen LogP contribution in [-0.2, 0) is 16.7 Å². The summed E-state index contributed by atoms with van der Waals surface area (Å²) in [5.74, 6) is -1.21. The van der Waals surface area contributed by atoms with Crippen LogP contribution in [0.15, 0.2) is 35.5 Å². The fourth-order valence-corrected chi connectivity index (χ4v) is 4.33. The SMILES string of the molecule is Cc1cc(CC(F)F)cnc1C(=O)Nc1ccc(Cl)c(C2(C(F)F)N=C(N)O[C@@H]3C[C@@H]32)c1. The van der Waals surface area contributed by atoms with Crippen LogP contribution in [0.2, 0.25) is 5.02 Å². The number of aromatic nitrogens is 1. The number of amidine groups is 1. The molecule has 1 fully saturated rings. The number of amides is 1. The number of nitrogens with one attached hydrogen (secondary N) is 1. The molecule has 32 heavy (non-hydrogen) atoms. The second-order valence-electron chi connectivity index (χ2n) is 7.83. The number of anilines is 1. The number of benzene rings is 1. The molecule has 0 radical (unpaired) electrons. The number of rotatable bonds is 6. The Morgan fingerprint density at radius 3 is 2.75 bits per heavy atom. The lowest BCUT2D eigenvalue weighted by Gasteiger charge is -2.33. The number of nitrogens with zero attached hydrogens (tertiary/aromatic N) is 2. The van der Waals surface area contributed by atoms with Crippen molar-refractivity contribution in [3.8, 4) is 0 Å². The normalized spacial score (nSPS) is 24.1. The molecule has 11 heteroatoms. The highest BCUT2D eigenvalue weighted by Crippen LogP contribution is 2.57. The number of pyridine rings is 1. The smallest absolute Gasteiger partial charge is 0.283 e. The number of halogens is 5. The lowest BCUT2D eigenvalue weighted by Crippen LogP contribution is -2.43. The van der Waals surface area contributed by atoms with Crippen LogP contribution in [0, 0.1) is 12.8 Å². The van der Waals surface area contributed by atoms with E-state index in [1.54, 1.807) is 6.92 Å². The lowest BCUT2D eigenvalue weighted by molar-refractivity contribution is 0.0197. The first kappa shape index (κ1) is 22.3. The minimum atomic E-state index is -2.91. The summed E-state index contributed by atoms with van der Waals surface area (Å²) < 4.78 is 59.0. The van der Waals surface area contributed by atoms with Crippen molar-refractivity contribution in [2.75, 3.05) is 5.32 Å². The Balaban J connectivity index is 1.64. The molecule has 1 aromatic carbocycles. The maximum Gasteiger partial charge on any atom is 0.283 e. The van der Waals surface area contributed by atoms with Crippen molar-refractivity contribution in [3.63, 3.8) is 0 Å². The monoisotopic (exact) mass is 470 g/mol. The average molecular weight is 471 g/mol. The number of carbonyl (C=O) groups excluding carboxylic acids is 1. The number of hydrogen-bond acceptors (Lipinski definition) is 5. The van der Waals surface area contributed by atoms with Crippen molar-refractivity contribution >= 4 is 29.2 Å². The Kier molecular flexibility index (Phi) is 5.74. The van der Waals surface area contributed by atoms with Gasteiger partial charge in [0.2, 0.25) is 6.43 Å². The molecule has 2 aliphatic rings. The van der Waals surface area contributed by atoms with E-state index in [-0.39, 0.29) is 28.0 Å². The van der Waals surface area contributed by atoms with Gasteiger partial charge in [0, 0.05) is 34.8 Å². The van der Waals surface area contributed by atoms with Gasteiger partial charge in [0.1, 0.15) is 11.8 Å². The average Bonchev–Trinajstić information content (AvgIpc) is 3.47. The predicted octanol–water partition coefficient (Wildman–Crippen LogP) is 4.30. The van der Waals surface area contributed by atoms with Crippen molar-refractivity contribution in [2.45, 2.75) is 44.3 Å². The Morgan fingerprint density at radius 1 is 1.34 bits per heavy atom. The number of nitrogens with two attached hydrogens (primary N) is 1. The molecule has 3 N–H and O–H groups in total. The summed E-state index contributed by atoms with van der Waals surface area (Å²) >= 11 is 6.26. The molecular weight excluding hydrogens is 452 g/mol. The second-order valence-corrected chi connectivity index (χ2v) is 8.23. The third-order valence-electron chi connectivity index (χ3n) is 5.59. The molecular formula is C21H19ClF4N4O2. The zero-order valence-corrected chi connectivity index (χ0v) is 17.5. The van der Waals surface area contributed by atoms with Gasteiger partial charge >= 0.3 is 0 Å². The number of ether oxygens (including phenoxy) is 1. The standard InChI is InChI=1S/C21H19ClF4N4O2/c1-9-4-10(5-16(23)24)8-28-17(9)18(31)29-11-2-3-14(22)12(6-11)21(19(25)26)13-7-15(13)32-20(27)30-21/h2-4,6,8,13,15-16,19H,5,7H2,1H3,(H2,27,30)(H,29,31)/t13-,15+,21?/m0/s1. The van der Waals surface area contributed by atoms with Gasteiger partial charge in [-0.25, -0.2) is 22.6 Å². The van der Waals surface area contributed by atoms with Crippen molar-refractivity contribution in [1.82, 2.24) is 4.98 Å². The minimum absolute atomic E-state index is 0.0266. The van der Waals surface area contributed by atoms with Crippen LogP contribution in [-0.4, -0.2) is 35.9 Å². The fourth-order valence-electron chi connectivity index (χ4n) is 4.06. The van der Waals surface area contributed by atoms with Gasteiger partial charge < -0.3 is 15.8 Å². The van der Waals surface area contributed by atoms with Crippen LogP contribution in [0.4, 0.5) is 23.2 Å². The van der Waals surface area contributed by atoms with E-state index in [1.165, 1.54) is 30.5 Å². The molecule has 3 atom stereocenters. The highest BCUT2D eigenvalue weighted by Gasteiger charge is 2.64. The predicted molar refractivity (Wildman–Crippen MR) is 110 cm³/mol. The molecule has 1 saturated carbocycles. The maximum atomic E-state index is 14.3. The topological polar surface area (TPSA) is 89.6 Å². The molecule has 0 saturated heterocycles. The summed E-state index contributed by atoms with van der Waals surface area (Å²) in [4.78, 5) is 20.6. The summed E-state index contributed by atoms with van der Waals surface area (Å²) in [5.41, 5.74) is 4.62. The van der Waals surface area contributed by atoms with Crippen LogP contribution in [0.1, 0.15) is 33.6 Å². The quantitative estimate of drug-likeness (QED) is 0.616. The van der Waals surface area contributed by atoms with Gasteiger partial charge in [-0.2, -0.15) is 0 Å². The molecule has 2 aromatic rings. The first-order chi connectivity index (χ1) is 15.1. The minimum Gasteiger partial charge on any atom is -0.462 e. The van der Waals surface area contributed by atoms with E-state index in [2.05, 4.69) is 15.3 Å². The van der Waals surface area contributed by atoms with E-state index < -0.39 is 42.7 Å². The number of alkyl halides is 4. The Morgan fingerprint density at radius 2 is 2.09 bits per heavy atom. The third-order valence-corrected chi connectivity index (χ3v) is 5.92. The van der Waals surface area contributed by atoms with E-state index in [1.807, 2.05) is 0 Å². The molecule has 2 heterocycles. The molecule has 1 unspecified atom stereocenters. The van der Waals surface area contributed by atoms with Crippen molar-refractivity contribution in [2.24, 2.45) is 16.6 Å². The number of fused-ring (bicyclic) bond motifs is 1. The van der Waals surface area contributed by atoms with Gasteiger partial charge in [-0.1, -0.05) is 17.7 Å². The maximum absolute atomic E-state index is 14.3. The van der Waals surface area contributed by atoms with Crippen molar-refractivity contribution in [3.05, 3.63) is 57.9 Å². The molecule has 6 nitrogen and oxygen atoms in total. The summed E-state index contributed by atoms with van der Waals surface area (Å²) in [7, 11) is 0. The zero-order chi connectivity index (χ0) is 23.2. The summed E-state index contributed by atoms with van der Waals surface area (Å²) in [5, 5.41) is 2.65. The molecule has 170 valence electrons. The van der Waals surface area contributed by atoms with Gasteiger partial charge in [0.25, 0.3) is 18.4 Å². The van der Waals surface area contributed by atoms with Crippen LogP contribution in [0.25, 0.3) is 0 Å². The molecule has 1 aliphatic carbocycles. The second kappa shape index (κ2) is 8.23. The highest BCUT2D eigenvalue weighted by atomic mass is 35.5. The summed E-state index contributed by atoms with van der Waals surface area (Å²) in [6.07, 6.45) is -4.81. The van der Waals surface area contributed by atoms with E-state index in [0.717, 1.165) is 0 Å². The molecule has 1 aliphatic heterocycles. The van der Waals surface area contributed by atoms with Crippen molar-refractivity contribution in [1.29, 1.82) is 0 Å². The molecule has 1 aromatic heterocycles. The molecule has 4 rings (SSSR count). The van der Waals surface area contributed by atoms with Crippen LogP contribution in [0.3, 0.4) is 0 Å². The van der Waals surface area contributed by atoms with Gasteiger partial charge in [0.05, 0.1) is 0 Å². The van der Waals surface area contributed by atoms with Gasteiger partial charge in [-0.3, -0.25) is 9.78 Å². The molecule has 1 amide bonds. The Labute approximate surface area is 185 Å². The van der Waals surface area contributed by atoms with Crippen molar-refractivity contribution < 1.29 is 27.1 Å². The van der Waals surface area contributed by atoms with E-state index >= 15 is 0 Å². The van der Waals surface area contributed by atoms with E-state index in [4.69, 9.17) is 22.1 Å². The molecule has 0 spiro atoms. The number of aryl methyl sites for hydroxylation is 1. The Bertz CT molecular complexity index is 1100. The highest BCUT2D eigenvalue weighted by molar-refractivity contribution is 6.31. The number of hydrogen-bond donors (Lipinski definition) is 2. The van der Waals surface area contributed by atoms with Gasteiger partial charge in [0.15, 0.2) is 5.54 Å². The van der Waals surface area contributed by atoms with Gasteiger partial charge in [-0.15, -0.1) is 0 Å². The first-order valence-electron chi connectivity index (χ1n) is 9.77.